The lowest BCUT2D eigenvalue weighted by atomic mass is 9.86. The Labute approximate surface area is 214 Å². The van der Waals surface area contributed by atoms with Crippen molar-refractivity contribution >= 4 is 51.2 Å². The summed E-state index contributed by atoms with van der Waals surface area (Å²) in [5, 5.41) is 9.76. The Balaban J connectivity index is 1.34. The van der Waals surface area contributed by atoms with Gasteiger partial charge in [0.25, 0.3) is 0 Å². The van der Waals surface area contributed by atoms with Crippen LogP contribution in [0.2, 0.25) is 10.0 Å². The second-order valence-electron chi connectivity index (χ2n) is 9.29. The molecule has 2 heterocycles. The van der Waals surface area contributed by atoms with Gasteiger partial charge < -0.3 is 0 Å². The van der Waals surface area contributed by atoms with Gasteiger partial charge in [-0.3, -0.25) is 5.10 Å². The van der Waals surface area contributed by atoms with E-state index in [1.54, 1.807) is 0 Å². The Morgan fingerprint density at radius 1 is 1.06 bits per heavy atom. The average molecular weight is 496 g/mol. The van der Waals surface area contributed by atoms with Crippen LogP contribution < -0.4 is 0 Å². The first-order valence-corrected chi connectivity index (χ1v) is 12.5. The number of aromatic amines is 1. The van der Waals surface area contributed by atoms with Crippen molar-refractivity contribution in [3.8, 4) is 0 Å². The molecule has 35 heavy (non-hydrogen) atoms. The smallest absolute Gasteiger partial charge is 0.0948 e. The fraction of sp³-hybridized carbons (Fsp3) is 0.167. The fourth-order valence-corrected chi connectivity index (χ4v) is 5.61. The number of nitrogens with zero attached hydrogens (tertiary/aromatic N) is 2. The Kier molecular flexibility index (Phi) is 5.70. The summed E-state index contributed by atoms with van der Waals surface area (Å²) in [5.74, 6) is 3.57. The number of aromatic nitrogens is 2. The van der Waals surface area contributed by atoms with E-state index in [1.807, 2.05) is 24.4 Å². The largest absolute Gasteiger partial charge is 0.278 e. The van der Waals surface area contributed by atoms with Gasteiger partial charge in [0.05, 0.1) is 22.4 Å². The van der Waals surface area contributed by atoms with E-state index in [0.29, 0.717) is 5.02 Å². The molecule has 0 radical (unpaired) electrons. The first-order valence-electron chi connectivity index (χ1n) is 11.7. The minimum Gasteiger partial charge on any atom is -0.278 e. The van der Waals surface area contributed by atoms with Gasteiger partial charge in [-0.2, -0.15) is 5.10 Å². The Hall–Kier alpha value is -3.36. The maximum Gasteiger partial charge on any atom is 0.0948 e. The van der Waals surface area contributed by atoms with E-state index in [2.05, 4.69) is 82.6 Å². The third-order valence-corrected chi connectivity index (χ3v) is 7.52. The van der Waals surface area contributed by atoms with Crippen LogP contribution >= 0.6 is 23.2 Å². The summed E-state index contributed by atoms with van der Waals surface area (Å²) in [6.45, 7) is 2.18. The number of benzene rings is 3. The van der Waals surface area contributed by atoms with Crippen molar-refractivity contribution in [2.75, 3.05) is 0 Å². The molecule has 1 N–H and O–H groups in total. The zero-order valence-electron chi connectivity index (χ0n) is 19.2. The van der Waals surface area contributed by atoms with Crippen LogP contribution in [0.15, 0.2) is 89.6 Å². The van der Waals surface area contributed by atoms with Crippen LogP contribution in [-0.4, -0.2) is 16.1 Å². The van der Waals surface area contributed by atoms with Crippen molar-refractivity contribution in [1.29, 1.82) is 0 Å². The molecule has 6 rings (SSSR count). The van der Waals surface area contributed by atoms with E-state index in [-0.39, 0.29) is 11.8 Å². The van der Waals surface area contributed by atoms with Crippen LogP contribution in [0.1, 0.15) is 35.1 Å². The fourth-order valence-electron chi connectivity index (χ4n) is 5.20. The van der Waals surface area contributed by atoms with Gasteiger partial charge in [0.2, 0.25) is 0 Å². The lowest BCUT2D eigenvalue weighted by molar-refractivity contribution is 0.829. The van der Waals surface area contributed by atoms with E-state index in [0.717, 1.165) is 45.6 Å². The van der Waals surface area contributed by atoms with Crippen LogP contribution in [0, 0.1) is 5.92 Å². The van der Waals surface area contributed by atoms with Gasteiger partial charge in [-0.15, -0.1) is 0 Å². The number of allylic oxidation sites excluding steroid dienone is 5. The lowest BCUT2D eigenvalue weighted by Gasteiger charge is -2.19. The number of rotatable bonds is 4. The summed E-state index contributed by atoms with van der Waals surface area (Å²) in [4.78, 5) is 4.59. The van der Waals surface area contributed by atoms with Gasteiger partial charge in [-0.05, 0) is 95.4 Å². The molecule has 2 unspecified atom stereocenters. The molecule has 1 aliphatic heterocycles. The van der Waals surface area contributed by atoms with Gasteiger partial charge >= 0.3 is 0 Å². The van der Waals surface area contributed by atoms with Crippen LogP contribution in [-0.2, 0) is 12.8 Å². The summed E-state index contributed by atoms with van der Waals surface area (Å²) in [6, 6.07) is 18.9. The third-order valence-electron chi connectivity index (χ3n) is 6.98. The molecular weight excluding hydrogens is 473 g/mol. The number of fused-ring (bicyclic) bond motifs is 2. The summed E-state index contributed by atoms with van der Waals surface area (Å²) in [6.07, 6.45) is 10.1. The molecule has 3 aromatic carbocycles. The molecule has 5 heteroatoms. The molecule has 4 aromatic rings. The van der Waals surface area contributed by atoms with Crippen LogP contribution in [0.5, 0.6) is 0 Å². The molecule has 172 valence electrons. The normalized spacial score (nSPS) is 18.9. The molecule has 3 nitrogen and oxygen atoms in total. The van der Waals surface area contributed by atoms with Gasteiger partial charge in [0, 0.05) is 22.2 Å². The Morgan fingerprint density at radius 2 is 1.91 bits per heavy atom. The second kappa shape index (κ2) is 9.02. The Morgan fingerprint density at radius 3 is 2.77 bits per heavy atom. The highest BCUT2D eigenvalue weighted by atomic mass is 35.5. The van der Waals surface area contributed by atoms with Crippen LogP contribution in [0.25, 0.3) is 16.5 Å². The van der Waals surface area contributed by atoms with Gasteiger partial charge in [-0.1, -0.05) is 59.6 Å². The number of hydrogen-bond donors (Lipinski definition) is 1. The standard InChI is InChI=1S/C30H23Cl2N3/c1-18-2-5-22(12-19-3-8-26(31)9-4-19)29(18)24-14-25-13-21(10-11-33-30(25)27(32)15-24)20-6-7-23-17-34-35-28(23)16-20/h2-10,14-17,21-22H,12-13H2,1H3,(H,34,35). The first-order chi connectivity index (χ1) is 17.0. The topological polar surface area (TPSA) is 41.0 Å². The molecule has 2 aliphatic rings. The average Bonchev–Trinajstić information content (AvgIpc) is 3.40. The summed E-state index contributed by atoms with van der Waals surface area (Å²) in [5.41, 5.74) is 9.22. The molecule has 0 saturated carbocycles. The molecule has 2 atom stereocenters. The number of H-pyrrole nitrogens is 1. The van der Waals surface area contributed by atoms with Crippen LogP contribution in [0.4, 0.5) is 5.69 Å². The van der Waals surface area contributed by atoms with E-state index in [9.17, 15) is 0 Å². The highest BCUT2D eigenvalue weighted by Gasteiger charge is 2.24. The minimum atomic E-state index is 0.153. The maximum atomic E-state index is 6.81. The van der Waals surface area contributed by atoms with Crippen molar-refractivity contribution in [2.24, 2.45) is 10.9 Å². The highest BCUT2D eigenvalue weighted by molar-refractivity contribution is 6.33. The predicted octanol–water partition coefficient (Wildman–Crippen LogP) is 8.27. The van der Waals surface area contributed by atoms with E-state index < -0.39 is 0 Å². The molecule has 1 aromatic heterocycles. The zero-order chi connectivity index (χ0) is 23.9. The molecule has 0 bridgehead atoms. The SMILES string of the molecule is CC1=C(c2cc(Cl)c3c(c2)CC(c2ccc4cn[nH]c4c2)C=C=N3)C(Cc2ccc(Cl)cc2)C=C1. The number of nitrogens with one attached hydrogen (secondary N) is 1. The zero-order valence-corrected chi connectivity index (χ0v) is 20.7. The van der Waals surface area contributed by atoms with Crippen molar-refractivity contribution in [3.05, 3.63) is 117 Å². The molecule has 0 spiro atoms. The quantitative estimate of drug-likeness (QED) is 0.304. The van der Waals surface area contributed by atoms with Crippen LogP contribution in [0.3, 0.4) is 0 Å². The van der Waals surface area contributed by atoms with Gasteiger partial charge in [0.15, 0.2) is 0 Å². The van der Waals surface area contributed by atoms with Gasteiger partial charge in [0.1, 0.15) is 0 Å². The number of aliphatic imine (C=N–C) groups is 1. The molecule has 0 amide bonds. The number of hydrogen-bond acceptors (Lipinski definition) is 2. The van der Waals surface area contributed by atoms with Crippen molar-refractivity contribution in [1.82, 2.24) is 10.2 Å². The Bertz CT molecular complexity index is 1570. The van der Waals surface area contributed by atoms with E-state index in [4.69, 9.17) is 23.2 Å². The van der Waals surface area contributed by atoms with E-state index >= 15 is 0 Å². The van der Waals surface area contributed by atoms with Crippen molar-refractivity contribution < 1.29 is 0 Å². The second-order valence-corrected chi connectivity index (χ2v) is 10.1. The third kappa shape index (κ3) is 4.28. The summed E-state index contributed by atoms with van der Waals surface area (Å²) in [7, 11) is 0. The summed E-state index contributed by atoms with van der Waals surface area (Å²) < 4.78 is 0. The molecular formula is C30H23Cl2N3. The lowest BCUT2D eigenvalue weighted by Crippen LogP contribution is -2.05. The summed E-state index contributed by atoms with van der Waals surface area (Å²) >= 11 is 12.9. The molecule has 0 saturated heterocycles. The van der Waals surface area contributed by atoms with Crippen molar-refractivity contribution in [3.63, 3.8) is 0 Å². The molecule has 1 aliphatic carbocycles. The first kappa shape index (κ1) is 22.1. The molecule has 0 fully saturated rings. The minimum absolute atomic E-state index is 0.153. The number of halogens is 2. The maximum absolute atomic E-state index is 6.81. The van der Waals surface area contributed by atoms with E-state index in [1.165, 1.54) is 22.3 Å². The monoisotopic (exact) mass is 495 g/mol. The predicted molar refractivity (Wildman–Crippen MR) is 146 cm³/mol. The van der Waals surface area contributed by atoms with Crippen molar-refractivity contribution in [2.45, 2.75) is 25.7 Å². The highest BCUT2D eigenvalue weighted by Crippen LogP contribution is 2.42. The van der Waals surface area contributed by atoms with Gasteiger partial charge in [-0.25, -0.2) is 4.99 Å².